The number of hydrazone groups is 1. The van der Waals surface area contributed by atoms with E-state index in [2.05, 4.69) is 16.6 Å². The smallest absolute Gasteiger partial charge is 0.387 e. The first-order chi connectivity index (χ1) is 14.0. The van der Waals surface area contributed by atoms with E-state index in [1.165, 1.54) is 24.9 Å². The predicted molar refractivity (Wildman–Crippen MR) is 110 cm³/mol. The highest BCUT2D eigenvalue weighted by Gasteiger charge is 2.36. The van der Waals surface area contributed by atoms with Gasteiger partial charge in [0.1, 0.15) is 6.17 Å². The topological polar surface area (TPSA) is 54.4 Å². The molecule has 3 rings (SSSR count). The molecule has 0 aromatic heterocycles. The molecule has 1 amide bonds. The van der Waals surface area contributed by atoms with Gasteiger partial charge in [0.2, 0.25) is 0 Å². The Bertz CT molecular complexity index is 756. The highest BCUT2D eigenvalue weighted by Crippen LogP contribution is 2.35. The van der Waals surface area contributed by atoms with Crippen LogP contribution in [0.5, 0.6) is 11.5 Å². The van der Waals surface area contributed by atoms with Gasteiger partial charge in [-0.05, 0) is 43.9 Å². The maximum Gasteiger partial charge on any atom is 0.387 e. The van der Waals surface area contributed by atoms with Crippen molar-refractivity contribution in [1.29, 1.82) is 0 Å². The summed E-state index contributed by atoms with van der Waals surface area (Å²) >= 11 is 1.27. The molecule has 9 heteroatoms. The molecule has 2 heterocycles. The lowest BCUT2D eigenvalue weighted by Gasteiger charge is -2.37. The van der Waals surface area contributed by atoms with Crippen LogP contribution in [0.3, 0.4) is 0 Å². The summed E-state index contributed by atoms with van der Waals surface area (Å²) in [5.41, 5.74) is 1.48. The van der Waals surface area contributed by atoms with Crippen LogP contribution in [0.2, 0.25) is 0 Å². The highest BCUT2D eigenvalue weighted by atomic mass is 32.2. The summed E-state index contributed by atoms with van der Waals surface area (Å²) in [6, 6.07) is 4.79. The molecule has 6 nitrogen and oxygen atoms in total. The van der Waals surface area contributed by atoms with E-state index in [4.69, 9.17) is 9.84 Å². The number of thioether (sulfide) groups is 1. The third-order valence-electron chi connectivity index (χ3n) is 5.21. The first-order valence-corrected chi connectivity index (χ1v) is 10.8. The van der Waals surface area contributed by atoms with Gasteiger partial charge in [-0.25, -0.2) is 5.01 Å². The van der Waals surface area contributed by atoms with Crippen LogP contribution in [0.1, 0.15) is 45.1 Å². The van der Waals surface area contributed by atoms with E-state index in [1.54, 1.807) is 17.1 Å². The number of ether oxygens (including phenoxy) is 2. The van der Waals surface area contributed by atoms with Gasteiger partial charge in [0.25, 0.3) is 0 Å². The Kier molecular flexibility index (Phi) is 7.34. The summed E-state index contributed by atoms with van der Waals surface area (Å²) in [5, 5.41) is 6.19. The van der Waals surface area contributed by atoms with Crippen molar-refractivity contribution < 1.29 is 23.0 Å². The zero-order valence-corrected chi connectivity index (χ0v) is 17.8. The summed E-state index contributed by atoms with van der Waals surface area (Å²) < 4.78 is 35.0. The fourth-order valence-corrected chi connectivity index (χ4v) is 4.78. The fraction of sp³-hybridized carbons (Fsp3) is 0.600. The number of methoxy groups -OCH3 is 1. The lowest BCUT2D eigenvalue weighted by molar-refractivity contribution is -0.0512. The Labute approximate surface area is 174 Å². The van der Waals surface area contributed by atoms with Crippen molar-refractivity contribution in [1.82, 2.24) is 9.91 Å². The Morgan fingerprint density at radius 3 is 2.55 bits per heavy atom. The van der Waals surface area contributed by atoms with Gasteiger partial charge >= 0.3 is 11.9 Å². The SMILES string of the molecule is CCC1SC(=O)N(C(CC)N2CCCC2)N=C1c1ccc(OC(F)F)c(OC)c1. The number of amides is 1. The first kappa shape index (κ1) is 21.8. The molecule has 0 N–H and O–H groups in total. The summed E-state index contributed by atoms with van der Waals surface area (Å²) in [5.74, 6) is 0.181. The predicted octanol–water partition coefficient (Wildman–Crippen LogP) is 4.78. The molecule has 1 aromatic rings. The molecule has 1 aromatic carbocycles. The Balaban J connectivity index is 1.97. The van der Waals surface area contributed by atoms with Crippen LogP contribution in [0.25, 0.3) is 0 Å². The quantitative estimate of drug-likeness (QED) is 0.598. The molecule has 2 atom stereocenters. The van der Waals surface area contributed by atoms with Crippen LogP contribution < -0.4 is 9.47 Å². The van der Waals surface area contributed by atoms with Crippen molar-refractivity contribution in [2.75, 3.05) is 20.2 Å². The average Bonchev–Trinajstić information content (AvgIpc) is 3.24. The second-order valence-corrected chi connectivity index (χ2v) is 8.14. The molecule has 0 saturated carbocycles. The second kappa shape index (κ2) is 9.75. The standard InChI is InChI=1S/C20H27F2N3O3S/c1-4-16-18(13-8-9-14(28-19(21)22)15(12-13)27-3)23-25(20(26)29-16)17(5-2)24-10-6-7-11-24/h8-9,12,16-17,19H,4-7,10-11H2,1-3H3. The summed E-state index contributed by atoms with van der Waals surface area (Å²) in [4.78, 5) is 15.1. The minimum absolute atomic E-state index is 0.0280. The number of carbonyl (C=O) groups excluding carboxylic acids is 1. The van der Waals surface area contributed by atoms with E-state index in [-0.39, 0.29) is 28.2 Å². The van der Waals surface area contributed by atoms with E-state index >= 15 is 0 Å². The zero-order chi connectivity index (χ0) is 21.0. The van der Waals surface area contributed by atoms with Crippen LogP contribution >= 0.6 is 11.8 Å². The van der Waals surface area contributed by atoms with Gasteiger partial charge in [-0.3, -0.25) is 9.69 Å². The fourth-order valence-electron chi connectivity index (χ4n) is 3.81. The highest BCUT2D eigenvalue weighted by molar-refractivity contribution is 8.14. The number of alkyl halides is 2. The van der Waals surface area contributed by atoms with Crippen LogP contribution in [0.4, 0.5) is 13.6 Å². The molecule has 1 saturated heterocycles. The number of halogens is 2. The molecule has 2 aliphatic rings. The third kappa shape index (κ3) is 4.83. The lowest BCUT2D eigenvalue weighted by Crippen LogP contribution is -2.49. The summed E-state index contributed by atoms with van der Waals surface area (Å²) in [6.45, 7) is 3.05. The maximum atomic E-state index is 12.8. The van der Waals surface area contributed by atoms with E-state index < -0.39 is 6.61 Å². The van der Waals surface area contributed by atoms with Gasteiger partial charge in [-0.15, -0.1) is 0 Å². The Hall–Kier alpha value is -1.87. The van der Waals surface area contributed by atoms with Gasteiger partial charge in [0, 0.05) is 18.7 Å². The van der Waals surface area contributed by atoms with Crippen molar-refractivity contribution >= 4 is 22.7 Å². The molecule has 2 unspecified atom stereocenters. The Morgan fingerprint density at radius 2 is 1.97 bits per heavy atom. The molecular formula is C20H27F2N3O3S. The number of rotatable bonds is 8. The van der Waals surface area contributed by atoms with Gasteiger partial charge < -0.3 is 9.47 Å². The molecule has 29 heavy (non-hydrogen) atoms. The molecule has 0 aliphatic carbocycles. The number of carbonyl (C=O) groups is 1. The van der Waals surface area contributed by atoms with E-state index in [9.17, 15) is 13.6 Å². The first-order valence-electron chi connectivity index (χ1n) is 9.94. The minimum Gasteiger partial charge on any atom is -0.493 e. The number of likely N-dealkylation sites (tertiary alicyclic amines) is 1. The van der Waals surface area contributed by atoms with Gasteiger partial charge in [0.05, 0.1) is 18.1 Å². The molecule has 160 valence electrons. The molecule has 0 bridgehead atoms. The van der Waals surface area contributed by atoms with E-state index in [1.807, 2.05) is 6.92 Å². The minimum atomic E-state index is -2.93. The average molecular weight is 428 g/mol. The van der Waals surface area contributed by atoms with Crippen molar-refractivity contribution in [2.45, 2.75) is 57.6 Å². The normalized spacial score (nSPS) is 21.4. The molecule has 0 spiro atoms. The monoisotopic (exact) mass is 427 g/mol. The van der Waals surface area contributed by atoms with Crippen LogP contribution in [0.15, 0.2) is 23.3 Å². The lowest BCUT2D eigenvalue weighted by atomic mass is 10.0. The van der Waals surface area contributed by atoms with E-state index in [0.29, 0.717) is 0 Å². The number of hydrogen-bond donors (Lipinski definition) is 0. The van der Waals surface area contributed by atoms with Crippen LogP contribution in [0, 0.1) is 0 Å². The van der Waals surface area contributed by atoms with Crippen molar-refractivity contribution in [2.24, 2.45) is 5.10 Å². The number of nitrogens with zero attached hydrogens (tertiary/aromatic N) is 3. The molecule has 1 fully saturated rings. The van der Waals surface area contributed by atoms with Crippen molar-refractivity contribution in [3.8, 4) is 11.5 Å². The molecular weight excluding hydrogens is 400 g/mol. The van der Waals surface area contributed by atoms with Crippen LogP contribution in [-0.4, -0.2) is 59.1 Å². The van der Waals surface area contributed by atoms with Crippen molar-refractivity contribution in [3.05, 3.63) is 23.8 Å². The van der Waals surface area contributed by atoms with Gasteiger partial charge in [-0.2, -0.15) is 13.9 Å². The largest absolute Gasteiger partial charge is 0.493 e. The summed E-state index contributed by atoms with van der Waals surface area (Å²) in [7, 11) is 1.41. The molecule has 2 aliphatic heterocycles. The van der Waals surface area contributed by atoms with Crippen LogP contribution in [-0.2, 0) is 0 Å². The molecule has 0 radical (unpaired) electrons. The number of benzene rings is 1. The van der Waals surface area contributed by atoms with Crippen molar-refractivity contribution in [3.63, 3.8) is 0 Å². The summed E-state index contributed by atoms with van der Waals surface area (Å²) in [6.07, 6.45) is 3.69. The third-order valence-corrected chi connectivity index (χ3v) is 6.44. The zero-order valence-electron chi connectivity index (χ0n) is 16.9. The Morgan fingerprint density at radius 1 is 1.24 bits per heavy atom. The van der Waals surface area contributed by atoms with Gasteiger partial charge in [-0.1, -0.05) is 25.6 Å². The number of hydrogen-bond acceptors (Lipinski definition) is 6. The van der Waals surface area contributed by atoms with Gasteiger partial charge in [0.15, 0.2) is 11.5 Å². The second-order valence-electron chi connectivity index (χ2n) is 6.99. The maximum absolute atomic E-state index is 12.8. The van der Waals surface area contributed by atoms with E-state index in [0.717, 1.165) is 50.0 Å².